The van der Waals surface area contributed by atoms with Crippen LogP contribution in [0, 0.1) is 5.92 Å². The van der Waals surface area contributed by atoms with E-state index >= 15 is 0 Å². The van der Waals surface area contributed by atoms with Gasteiger partial charge >= 0.3 is 5.97 Å². The lowest BCUT2D eigenvalue weighted by atomic mass is 10.1. The number of aliphatic carboxylic acids is 1. The molecule has 1 N–H and O–H groups in total. The lowest BCUT2D eigenvalue weighted by Gasteiger charge is -2.11. The fourth-order valence-electron chi connectivity index (χ4n) is 1.75. The van der Waals surface area contributed by atoms with Crippen molar-refractivity contribution < 1.29 is 14.1 Å². The fourth-order valence-corrected chi connectivity index (χ4v) is 3.39. The molecule has 2 unspecified atom stereocenters. The summed E-state index contributed by atoms with van der Waals surface area (Å²) < 4.78 is 12.0. The van der Waals surface area contributed by atoms with E-state index in [-0.39, 0.29) is 0 Å². The Kier molecular flexibility index (Phi) is 3.94. The maximum Gasteiger partial charge on any atom is 0.319 e. The molecule has 1 aliphatic carbocycles. The number of carboxylic acids is 1. The van der Waals surface area contributed by atoms with Crippen LogP contribution in [0.25, 0.3) is 0 Å². The lowest BCUT2D eigenvalue weighted by Crippen LogP contribution is -2.30. The third-order valence-corrected chi connectivity index (χ3v) is 4.76. The molecule has 2 rings (SSSR count). The Morgan fingerprint density at radius 1 is 1.35 bits per heavy atom. The second-order valence-corrected chi connectivity index (χ2v) is 6.17. The van der Waals surface area contributed by atoms with E-state index in [1.165, 1.54) is 0 Å². The van der Waals surface area contributed by atoms with Gasteiger partial charge in [-0.2, -0.15) is 0 Å². The summed E-state index contributed by atoms with van der Waals surface area (Å²) >= 11 is 0. The van der Waals surface area contributed by atoms with Crippen molar-refractivity contribution in [2.75, 3.05) is 5.75 Å². The second kappa shape index (κ2) is 5.45. The molecular formula is C13H16O3S. The highest BCUT2D eigenvalue weighted by Gasteiger charge is 2.31. The molecule has 3 nitrogen and oxygen atoms in total. The maximum atomic E-state index is 12.0. The van der Waals surface area contributed by atoms with Gasteiger partial charge in [-0.05, 0) is 30.7 Å². The third-order valence-electron chi connectivity index (χ3n) is 2.95. The van der Waals surface area contributed by atoms with Gasteiger partial charge in [0, 0.05) is 16.6 Å². The lowest BCUT2D eigenvalue weighted by molar-refractivity contribution is -0.136. The topological polar surface area (TPSA) is 54.4 Å². The van der Waals surface area contributed by atoms with Crippen LogP contribution in [-0.2, 0) is 22.0 Å². The van der Waals surface area contributed by atoms with Crippen molar-refractivity contribution >= 4 is 16.8 Å². The largest absolute Gasteiger partial charge is 0.480 e. The van der Waals surface area contributed by atoms with Gasteiger partial charge in [0.2, 0.25) is 0 Å². The van der Waals surface area contributed by atoms with Gasteiger partial charge in [-0.25, -0.2) is 0 Å². The van der Waals surface area contributed by atoms with E-state index in [4.69, 9.17) is 5.11 Å². The van der Waals surface area contributed by atoms with E-state index in [1.807, 2.05) is 30.3 Å². The predicted octanol–water partition coefficient (Wildman–Crippen LogP) is 1.84. The van der Waals surface area contributed by atoms with Gasteiger partial charge in [0.1, 0.15) is 5.25 Å². The molecule has 1 aromatic rings. The standard InChI is InChI=1S/C13H16O3S/c14-13(15)12(17(16)9-11-6-7-11)8-10-4-2-1-3-5-10/h1-5,11-12H,6-9H2,(H,14,15). The predicted molar refractivity (Wildman–Crippen MR) is 67.3 cm³/mol. The molecule has 0 aromatic heterocycles. The third kappa shape index (κ3) is 3.66. The Bertz CT molecular complexity index is 412. The zero-order chi connectivity index (χ0) is 12.3. The van der Waals surface area contributed by atoms with Gasteiger partial charge in [0.05, 0.1) is 0 Å². The highest BCUT2D eigenvalue weighted by molar-refractivity contribution is 7.86. The van der Waals surface area contributed by atoms with Crippen LogP contribution in [-0.4, -0.2) is 26.3 Å². The van der Waals surface area contributed by atoms with Gasteiger partial charge in [0.15, 0.2) is 0 Å². The van der Waals surface area contributed by atoms with Crippen LogP contribution in [0.3, 0.4) is 0 Å². The van der Waals surface area contributed by atoms with Crippen molar-refractivity contribution in [1.82, 2.24) is 0 Å². The molecule has 0 saturated heterocycles. The van der Waals surface area contributed by atoms with E-state index in [0.717, 1.165) is 18.4 Å². The van der Waals surface area contributed by atoms with Crippen molar-refractivity contribution in [2.24, 2.45) is 5.92 Å². The SMILES string of the molecule is O=C(O)C(Cc1ccccc1)S(=O)CC1CC1. The molecule has 0 amide bonds. The molecule has 0 radical (unpaired) electrons. The van der Waals surface area contributed by atoms with Crippen LogP contribution in [0.1, 0.15) is 18.4 Å². The molecule has 0 spiro atoms. The zero-order valence-corrected chi connectivity index (χ0v) is 10.4. The molecule has 0 heterocycles. The summed E-state index contributed by atoms with van der Waals surface area (Å²) in [5.41, 5.74) is 0.934. The summed E-state index contributed by atoms with van der Waals surface area (Å²) in [6.07, 6.45) is 2.56. The van der Waals surface area contributed by atoms with Gasteiger partial charge < -0.3 is 5.11 Å². The summed E-state index contributed by atoms with van der Waals surface area (Å²) in [4.78, 5) is 11.2. The number of carbonyl (C=O) groups is 1. The molecule has 1 aliphatic rings. The molecule has 1 aromatic carbocycles. The van der Waals surface area contributed by atoms with Crippen molar-refractivity contribution in [2.45, 2.75) is 24.5 Å². The minimum absolute atomic E-state index is 0.357. The molecule has 17 heavy (non-hydrogen) atoms. The molecule has 1 fully saturated rings. The van der Waals surface area contributed by atoms with E-state index in [2.05, 4.69) is 0 Å². The molecule has 1 saturated carbocycles. The first kappa shape index (κ1) is 12.3. The van der Waals surface area contributed by atoms with E-state index in [0.29, 0.717) is 18.1 Å². The monoisotopic (exact) mass is 252 g/mol. The van der Waals surface area contributed by atoms with Crippen LogP contribution in [0.15, 0.2) is 30.3 Å². The molecule has 2 atom stereocenters. The highest BCUT2D eigenvalue weighted by atomic mass is 32.2. The summed E-state index contributed by atoms with van der Waals surface area (Å²) in [5.74, 6) is 0.0883. The summed E-state index contributed by atoms with van der Waals surface area (Å²) in [5, 5.41) is 8.38. The summed E-state index contributed by atoms with van der Waals surface area (Å²) in [7, 11) is -1.26. The molecular weight excluding hydrogens is 236 g/mol. The van der Waals surface area contributed by atoms with Crippen LogP contribution in [0.4, 0.5) is 0 Å². The van der Waals surface area contributed by atoms with E-state index in [9.17, 15) is 9.00 Å². The number of rotatable bonds is 6. The molecule has 0 aliphatic heterocycles. The summed E-state index contributed by atoms with van der Waals surface area (Å²) in [6, 6.07) is 9.39. The minimum Gasteiger partial charge on any atom is -0.480 e. The first-order chi connectivity index (χ1) is 8.16. The van der Waals surface area contributed by atoms with Crippen LogP contribution < -0.4 is 0 Å². The zero-order valence-electron chi connectivity index (χ0n) is 9.54. The van der Waals surface area contributed by atoms with Crippen LogP contribution in [0.2, 0.25) is 0 Å². The maximum absolute atomic E-state index is 12.0. The van der Waals surface area contributed by atoms with Crippen LogP contribution >= 0.6 is 0 Å². The fraction of sp³-hybridized carbons (Fsp3) is 0.462. The highest BCUT2D eigenvalue weighted by Crippen LogP contribution is 2.30. The smallest absolute Gasteiger partial charge is 0.319 e. The minimum atomic E-state index is -1.26. The number of hydrogen-bond donors (Lipinski definition) is 1. The van der Waals surface area contributed by atoms with E-state index in [1.54, 1.807) is 0 Å². The molecule has 92 valence electrons. The van der Waals surface area contributed by atoms with Gasteiger partial charge in [-0.15, -0.1) is 0 Å². The second-order valence-electron chi connectivity index (χ2n) is 4.51. The van der Waals surface area contributed by atoms with Crippen molar-refractivity contribution in [3.8, 4) is 0 Å². The number of hydrogen-bond acceptors (Lipinski definition) is 2. The van der Waals surface area contributed by atoms with Crippen molar-refractivity contribution in [3.05, 3.63) is 35.9 Å². The Morgan fingerprint density at radius 3 is 2.53 bits per heavy atom. The van der Waals surface area contributed by atoms with Gasteiger partial charge in [-0.1, -0.05) is 30.3 Å². The summed E-state index contributed by atoms with van der Waals surface area (Å²) in [6.45, 7) is 0. The van der Waals surface area contributed by atoms with Crippen molar-refractivity contribution in [3.63, 3.8) is 0 Å². The Morgan fingerprint density at radius 2 is 2.00 bits per heavy atom. The number of benzene rings is 1. The average Bonchev–Trinajstić information content (AvgIpc) is 3.10. The number of carboxylic acid groups (broad SMARTS) is 1. The Balaban J connectivity index is 2.01. The van der Waals surface area contributed by atoms with Crippen molar-refractivity contribution in [1.29, 1.82) is 0 Å². The first-order valence-electron chi connectivity index (χ1n) is 5.80. The molecule has 0 bridgehead atoms. The Labute approximate surface area is 103 Å². The van der Waals surface area contributed by atoms with Crippen LogP contribution in [0.5, 0.6) is 0 Å². The van der Waals surface area contributed by atoms with E-state index < -0.39 is 22.0 Å². The normalized spacial score (nSPS) is 18.6. The molecule has 4 heteroatoms. The first-order valence-corrected chi connectivity index (χ1v) is 7.19. The van der Waals surface area contributed by atoms with Gasteiger partial charge in [0.25, 0.3) is 0 Å². The Hall–Kier alpha value is -1.16. The van der Waals surface area contributed by atoms with Gasteiger partial charge in [-0.3, -0.25) is 9.00 Å². The quantitative estimate of drug-likeness (QED) is 0.840. The average molecular weight is 252 g/mol.